The predicted octanol–water partition coefficient (Wildman–Crippen LogP) is 4.13. The molecule has 2 aliphatic rings. The molecule has 0 spiro atoms. The molecule has 0 bridgehead atoms. The van der Waals surface area contributed by atoms with E-state index in [1.165, 1.54) is 0 Å². The average Bonchev–Trinajstić information content (AvgIpc) is 2.54. The smallest absolute Gasteiger partial charge is 0.314 e. The van der Waals surface area contributed by atoms with Crippen molar-refractivity contribution in [2.24, 2.45) is 17.3 Å². The van der Waals surface area contributed by atoms with Crippen molar-refractivity contribution >= 4 is 11.9 Å². The van der Waals surface area contributed by atoms with Crippen LogP contribution < -0.4 is 0 Å². The Hall–Kier alpha value is -2.50. The van der Waals surface area contributed by atoms with Crippen molar-refractivity contribution in [2.75, 3.05) is 0 Å². The number of aliphatic hydroxyl groups is 2. The third-order valence-electron chi connectivity index (χ3n) is 5.52. The van der Waals surface area contributed by atoms with Gasteiger partial charge in [0.2, 0.25) is 0 Å². The van der Waals surface area contributed by atoms with Gasteiger partial charge >= 0.3 is 11.9 Å². The number of hydrogen-bond donors (Lipinski definition) is 4. The summed E-state index contributed by atoms with van der Waals surface area (Å²) in [6.07, 6.45) is 8.59. The van der Waals surface area contributed by atoms with Crippen LogP contribution in [0.25, 0.3) is 0 Å². The Morgan fingerprint density at radius 1 is 1.15 bits per heavy atom. The predicted molar refractivity (Wildman–Crippen MR) is 96.7 cm³/mol. The van der Waals surface area contributed by atoms with Crippen molar-refractivity contribution in [3.8, 4) is 0 Å². The molecule has 0 aliphatic heterocycles. The standard InChI is InChI=1S/C20H26O6/c1-12-6-4-3-5-7-14(10-12)20(19(25)26)11-16(21)17(22)13(2)8-9-15(20)18(23)24/h3-4,6,11,14-15,21-22H,5,7-10H2,1-2H3,(H,23,24)(H,25,26)/b4-3-,12-6-,16-11+,17-13+. The zero-order valence-corrected chi connectivity index (χ0v) is 15.1. The lowest BCUT2D eigenvalue weighted by Gasteiger charge is -2.40. The van der Waals surface area contributed by atoms with Gasteiger partial charge in [-0.2, -0.15) is 0 Å². The van der Waals surface area contributed by atoms with Crippen molar-refractivity contribution in [1.29, 1.82) is 0 Å². The van der Waals surface area contributed by atoms with Crippen LogP contribution in [0.2, 0.25) is 0 Å². The molecule has 6 nitrogen and oxygen atoms in total. The van der Waals surface area contributed by atoms with Gasteiger partial charge in [0.1, 0.15) is 5.41 Å². The highest BCUT2D eigenvalue weighted by molar-refractivity contribution is 5.86. The van der Waals surface area contributed by atoms with E-state index in [9.17, 15) is 30.0 Å². The minimum atomic E-state index is -1.80. The van der Waals surface area contributed by atoms with E-state index in [2.05, 4.69) is 0 Å². The largest absolute Gasteiger partial charge is 0.504 e. The highest BCUT2D eigenvalue weighted by Crippen LogP contribution is 2.48. The SMILES string of the molecule is C/C1=C/C=C\CCC(C2(C(=O)O)/C=C(O)\C(O)=C(\C)CCC2C(=O)O)C1. The molecule has 0 radical (unpaired) electrons. The van der Waals surface area contributed by atoms with Crippen molar-refractivity contribution < 1.29 is 30.0 Å². The first-order valence-electron chi connectivity index (χ1n) is 8.79. The number of hydrogen-bond acceptors (Lipinski definition) is 4. The van der Waals surface area contributed by atoms with Gasteiger partial charge in [-0.05, 0) is 63.5 Å². The quantitative estimate of drug-likeness (QED) is 0.600. The normalized spacial score (nSPS) is 38.4. The molecule has 0 aromatic heterocycles. The van der Waals surface area contributed by atoms with Gasteiger partial charge in [-0.25, -0.2) is 0 Å². The zero-order chi connectivity index (χ0) is 19.5. The zero-order valence-electron chi connectivity index (χ0n) is 15.1. The van der Waals surface area contributed by atoms with E-state index in [-0.39, 0.29) is 18.6 Å². The second-order valence-corrected chi connectivity index (χ2v) is 7.25. The topological polar surface area (TPSA) is 115 Å². The molecule has 0 amide bonds. The van der Waals surface area contributed by atoms with Crippen LogP contribution in [0.4, 0.5) is 0 Å². The van der Waals surface area contributed by atoms with E-state index in [4.69, 9.17) is 0 Å². The van der Waals surface area contributed by atoms with E-state index in [0.717, 1.165) is 11.6 Å². The first-order chi connectivity index (χ1) is 12.2. The summed E-state index contributed by atoms with van der Waals surface area (Å²) < 4.78 is 0. The lowest BCUT2D eigenvalue weighted by Crippen LogP contribution is -2.48. The molecular formula is C20H26O6. The Labute approximate surface area is 152 Å². The van der Waals surface area contributed by atoms with Gasteiger partial charge in [0.15, 0.2) is 11.5 Å². The summed E-state index contributed by atoms with van der Waals surface area (Å²) in [5, 5.41) is 40.4. The molecule has 0 fully saturated rings. The lowest BCUT2D eigenvalue weighted by atomic mass is 9.60. The number of carboxylic acids is 2. The molecule has 4 N–H and O–H groups in total. The Morgan fingerprint density at radius 3 is 2.46 bits per heavy atom. The number of allylic oxidation sites excluding steroid dienone is 5. The second kappa shape index (κ2) is 7.81. The summed E-state index contributed by atoms with van der Waals surface area (Å²) in [7, 11) is 0. The third-order valence-corrected chi connectivity index (χ3v) is 5.52. The molecule has 26 heavy (non-hydrogen) atoms. The van der Waals surface area contributed by atoms with Crippen LogP contribution in [-0.4, -0.2) is 32.4 Å². The van der Waals surface area contributed by atoms with Crippen LogP contribution in [0, 0.1) is 17.3 Å². The van der Waals surface area contributed by atoms with Gasteiger partial charge in [0, 0.05) is 0 Å². The van der Waals surface area contributed by atoms with E-state index in [1.807, 2.05) is 25.2 Å². The Kier molecular flexibility index (Phi) is 5.95. The van der Waals surface area contributed by atoms with Crippen LogP contribution in [-0.2, 0) is 9.59 Å². The van der Waals surface area contributed by atoms with E-state index >= 15 is 0 Å². The summed E-state index contributed by atoms with van der Waals surface area (Å²) in [6, 6.07) is 0. The molecule has 2 aliphatic carbocycles. The minimum Gasteiger partial charge on any atom is -0.504 e. The molecule has 6 heteroatoms. The summed E-state index contributed by atoms with van der Waals surface area (Å²) in [5.41, 5.74) is -0.410. The average molecular weight is 362 g/mol. The number of carbonyl (C=O) groups is 2. The van der Waals surface area contributed by atoms with Gasteiger partial charge in [0.25, 0.3) is 0 Å². The molecule has 0 aromatic rings. The Balaban J connectivity index is 2.69. The number of aliphatic hydroxyl groups excluding tert-OH is 2. The van der Waals surface area contributed by atoms with E-state index in [1.54, 1.807) is 6.92 Å². The van der Waals surface area contributed by atoms with Crippen molar-refractivity contribution in [3.63, 3.8) is 0 Å². The maximum atomic E-state index is 12.4. The number of aliphatic carboxylic acids is 2. The molecule has 3 atom stereocenters. The van der Waals surface area contributed by atoms with Crippen LogP contribution in [0.1, 0.15) is 46.0 Å². The molecule has 0 aromatic carbocycles. The van der Waals surface area contributed by atoms with Crippen LogP contribution in [0.3, 0.4) is 0 Å². The minimum absolute atomic E-state index is 0.0798. The van der Waals surface area contributed by atoms with Crippen molar-refractivity contribution in [3.05, 3.63) is 47.0 Å². The van der Waals surface area contributed by atoms with Gasteiger partial charge < -0.3 is 20.4 Å². The molecule has 0 heterocycles. The van der Waals surface area contributed by atoms with E-state index in [0.29, 0.717) is 24.8 Å². The van der Waals surface area contributed by atoms with Gasteiger partial charge in [-0.15, -0.1) is 0 Å². The third kappa shape index (κ3) is 3.69. The summed E-state index contributed by atoms with van der Waals surface area (Å²) in [4.78, 5) is 24.5. The second-order valence-electron chi connectivity index (χ2n) is 7.25. The molecule has 142 valence electrons. The summed E-state index contributed by atoms with van der Waals surface area (Å²) in [5.74, 6) is -5.13. The van der Waals surface area contributed by atoms with Gasteiger partial charge in [-0.3, -0.25) is 9.59 Å². The van der Waals surface area contributed by atoms with Crippen LogP contribution >= 0.6 is 0 Å². The fourth-order valence-corrected chi connectivity index (χ4v) is 4.04. The molecule has 2 rings (SSSR count). The Morgan fingerprint density at radius 2 is 1.85 bits per heavy atom. The Bertz CT molecular complexity index is 712. The lowest BCUT2D eigenvalue weighted by molar-refractivity contribution is -0.163. The molecule has 0 saturated heterocycles. The van der Waals surface area contributed by atoms with Crippen molar-refractivity contribution in [1.82, 2.24) is 0 Å². The van der Waals surface area contributed by atoms with Gasteiger partial charge in [0.05, 0.1) is 5.92 Å². The van der Waals surface area contributed by atoms with Crippen molar-refractivity contribution in [2.45, 2.75) is 46.0 Å². The first kappa shape index (κ1) is 19.8. The molecule has 0 saturated carbocycles. The summed E-state index contributed by atoms with van der Waals surface area (Å²) in [6.45, 7) is 3.47. The first-order valence-corrected chi connectivity index (χ1v) is 8.79. The maximum absolute atomic E-state index is 12.4. The van der Waals surface area contributed by atoms with E-state index < -0.39 is 34.9 Å². The monoisotopic (exact) mass is 362 g/mol. The molecular weight excluding hydrogens is 336 g/mol. The molecule has 3 unspecified atom stereocenters. The number of carboxylic acid groups (broad SMARTS) is 2. The van der Waals surface area contributed by atoms with Gasteiger partial charge in [-0.1, -0.05) is 23.8 Å². The highest BCUT2D eigenvalue weighted by atomic mass is 16.4. The number of rotatable bonds is 3. The maximum Gasteiger partial charge on any atom is 0.314 e. The highest BCUT2D eigenvalue weighted by Gasteiger charge is 2.54. The fraction of sp³-hybridized carbons (Fsp3) is 0.500. The fourth-order valence-electron chi connectivity index (χ4n) is 4.04. The summed E-state index contributed by atoms with van der Waals surface area (Å²) >= 11 is 0. The van der Waals surface area contributed by atoms with Crippen LogP contribution in [0.15, 0.2) is 47.0 Å². The van der Waals surface area contributed by atoms with Crippen LogP contribution in [0.5, 0.6) is 0 Å².